The molecule has 3 N–H and O–H groups in total. The van der Waals surface area contributed by atoms with E-state index in [-0.39, 0.29) is 5.91 Å². The van der Waals surface area contributed by atoms with Crippen molar-refractivity contribution < 1.29 is 14.3 Å². The molecule has 1 aromatic carbocycles. The van der Waals surface area contributed by atoms with Crippen LogP contribution in [0.25, 0.3) is 0 Å². The van der Waals surface area contributed by atoms with Gasteiger partial charge in [0.05, 0.1) is 23.4 Å². The first kappa shape index (κ1) is 29.2. The van der Waals surface area contributed by atoms with E-state index in [1.54, 1.807) is 30.5 Å². The molecule has 3 rings (SSSR count). The highest BCUT2D eigenvalue weighted by Crippen LogP contribution is 2.21. The maximum absolute atomic E-state index is 12.7. The van der Waals surface area contributed by atoms with E-state index in [0.717, 1.165) is 25.1 Å². The number of ether oxygens (including phenoxy) is 1. The molecule has 1 aliphatic rings. The first-order valence-electron chi connectivity index (χ1n) is 13.3. The number of carbonyl (C=O) groups is 2. The Bertz CT molecular complexity index is 1240. The van der Waals surface area contributed by atoms with Gasteiger partial charge in [0.1, 0.15) is 17.5 Å². The standard InChI is InChI=1S/C29H37N7O3/c1-5-16-31-25-22(20-33-27(35-25)34-23-14-12-21(19-30)13-15-23)10-7-6-8-17-32-26(37)24-11-9-18-36(24)28(38)39-29(2,3)4/h12-15,20,24H,5-6,8-9,11,16-18H2,1-4H3,(H,32,37)(H2,31,33,34,35)/t24-/m0/s1. The summed E-state index contributed by atoms with van der Waals surface area (Å²) in [6, 6.07) is 8.66. The van der Waals surface area contributed by atoms with Crippen molar-refractivity contribution in [3.05, 3.63) is 41.6 Å². The molecule has 0 spiro atoms. The molecule has 2 aromatic rings. The largest absolute Gasteiger partial charge is 0.444 e. The average Bonchev–Trinajstić information content (AvgIpc) is 3.40. The number of unbranched alkanes of at least 4 members (excludes halogenated alkanes) is 1. The van der Waals surface area contributed by atoms with Crippen molar-refractivity contribution in [1.82, 2.24) is 20.2 Å². The van der Waals surface area contributed by atoms with Crippen molar-refractivity contribution in [2.24, 2.45) is 0 Å². The van der Waals surface area contributed by atoms with E-state index >= 15 is 0 Å². The van der Waals surface area contributed by atoms with E-state index in [1.165, 1.54) is 4.90 Å². The van der Waals surface area contributed by atoms with Crippen LogP contribution < -0.4 is 16.0 Å². The summed E-state index contributed by atoms with van der Waals surface area (Å²) < 4.78 is 5.44. The molecule has 1 saturated heterocycles. The second-order valence-corrected chi connectivity index (χ2v) is 10.2. The molecule has 39 heavy (non-hydrogen) atoms. The van der Waals surface area contributed by atoms with Crippen LogP contribution in [0.1, 0.15) is 70.9 Å². The van der Waals surface area contributed by atoms with Gasteiger partial charge in [-0.25, -0.2) is 9.78 Å². The molecule has 1 aliphatic heterocycles. The van der Waals surface area contributed by atoms with Crippen LogP contribution in [0, 0.1) is 23.2 Å². The van der Waals surface area contributed by atoms with Crippen LogP contribution in [0.5, 0.6) is 0 Å². The molecule has 0 saturated carbocycles. The van der Waals surface area contributed by atoms with Gasteiger partial charge in [0.25, 0.3) is 0 Å². The highest BCUT2D eigenvalue weighted by Gasteiger charge is 2.36. The molecule has 1 atom stereocenters. The summed E-state index contributed by atoms with van der Waals surface area (Å²) in [6.45, 7) is 9.25. The smallest absolute Gasteiger partial charge is 0.410 e. The quantitative estimate of drug-likeness (QED) is 0.317. The van der Waals surface area contributed by atoms with Gasteiger partial charge in [0, 0.05) is 31.7 Å². The second kappa shape index (κ2) is 14.0. The minimum absolute atomic E-state index is 0.156. The number of hydrogen-bond donors (Lipinski definition) is 3. The van der Waals surface area contributed by atoms with Crippen LogP contribution in [-0.2, 0) is 9.53 Å². The number of anilines is 3. The predicted octanol–water partition coefficient (Wildman–Crippen LogP) is 4.56. The fourth-order valence-electron chi connectivity index (χ4n) is 3.91. The maximum Gasteiger partial charge on any atom is 0.410 e. The lowest BCUT2D eigenvalue weighted by Gasteiger charge is -2.28. The number of amides is 2. The molecule has 1 aromatic heterocycles. The van der Waals surface area contributed by atoms with Gasteiger partial charge in [-0.05, 0) is 70.7 Å². The van der Waals surface area contributed by atoms with Gasteiger partial charge >= 0.3 is 6.09 Å². The van der Waals surface area contributed by atoms with E-state index in [0.29, 0.717) is 55.2 Å². The number of carbonyl (C=O) groups excluding carboxylic acids is 2. The van der Waals surface area contributed by atoms with E-state index in [9.17, 15) is 9.59 Å². The summed E-state index contributed by atoms with van der Waals surface area (Å²) in [4.78, 5) is 35.6. The Hall–Kier alpha value is -4.31. The Kier molecular flexibility index (Phi) is 10.5. The number of nitrogens with one attached hydrogen (secondary N) is 3. The van der Waals surface area contributed by atoms with Crippen LogP contribution >= 0.6 is 0 Å². The number of likely N-dealkylation sites (tertiary alicyclic amines) is 1. The number of aromatic nitrogens is 2. The third kappa shape index (κ3) is 9.19. The molecule has 0 bridgehead atoms. The van der Waals surface area contributed by atoms with Crippen molar-refractivity contribution in [2.45, 2.75) is 71.4 Å². The third-order valence-corrected chi connectivity index (χ3v) is 5.79. The highest BCUT2D eigenvalue weighted by atomic mass is 16.6. The van der Waals surface area contributed by atoms with Gasteiger partial charge < -0.3 is 20.7 Å². The van der Waals surface area contributed by atoms with E-state index in [1.807, 2.05) is 20.8 Å². The van der Waals surface area contributed by atoms with E-state index < -0.39 is 17.7 Å². The zero-order chi connectivity index (χ0) is 28.3. The average molecular weight is 532 g/mol. The lowest BCUT2D eigenvalue weighted by Crippen LogP contribution is -2.47. The number of nitriles is 1. The Morgan fingerprint density at radius 2 is 1.97 bits per heavy atom. The molecular formula is C29H37N7O3. The zero-order valence-corrected chi connectivity index (χ0v) is 23.1. The topological polar surface area (TPSA) is 132 Å². The molecular weight excluding hydrogens is 494 g/mol. The molecule has 2 heterocycles. The van der Waals surface area contributed by atoms with E-state index in [2.05, 4.69) is 50.8 Å². The van der Waals surface area contributed by atoms with Crippen LogP contribution in [0.2, 0.25) is 0 Å². The van der Waals surface area contributed by atoms with Crippen molar-refractivity contribution in [3.63, 3.8) is 0 Å². The van der Waals surface area contributed by atoms with Crippen LogP contribution in [0.4, 0.5) is 22.2 Å². The molecule has 10 heteroatoms. The molecule has 0 radical (unpaired) electrons. The minimum Gasteiger partial charge on any atom is -0.444 e. The summed E-state index contributed by atoms with van der Waals surface area (Å²) in [6.07, 6.45) is 4.83. The summed E-state index contributed by atoms with van der Waals surface area (Å²) in [5, 5.41) is 18.3. The fraction of sp³-hybridized carbons (Fsp3) is 0.483. The van der Waals surface area contributed by atoms with Gasteiger partial charge in [-0.3, -0.25) is 9.69 Å². The van der Waals surface area contributed by atoms with Crippen LogP contribution in [0.15, 0.2) is 30.5 Å². The predicted molar refractivity (Wildman–Crippen MR) is 150 cm³/mol. The molecule has 206 valence electrons. The summed E-state index contributed by atoms with van der Waals surface area (Å²) in [5.41, 5.74) is 1.45. The maximum atomic E-state index is 12.7. The first-order chi connectivity index (χ1) is 18.7. The highest BCUT2D eigenvalue weighted by molar-refractivity contribution is 5.86. The second-order valence-electron chi connectivity index (χ2n) is 10.2. The lowest BCUT2D eigenvalue weighted by atomic mass is 10.2. The molecule has 0 unspecified atom stereocenters. The summed E-state index contributed by atoms with van der Waals surface area (Å²) in [5.74, 6) is 7.19. The van der Waals surface area contributed by atoms with Gasteiger partial charge in [-0.1, -0.05) is 18.8 Å². The fourth-order valence-corrected chi connectivity index (χ4v) is 3.91. The molecule has 2 amide bonds. The van der Waals surface area contributed by atoms with Crippen molar-refractivity contribution in [1.29, 1.82) is 5.26 Å². The Balaban J connectivity index is 1.52. The third-order valence-electron chi connectivity index (χ3n) is 5.79. The molecule has 0 aliphatic carbocycles. The monoisotopic (exact) mass is 531 g/mol. The summed E-state index contributed by atoms with van der Waals surface area (Å²) in [7, 11) is 0. The normalized spacial score (nSPS) is 14.5. The minimum atomic E-state index is -0.599. The molecule has 10 nitrogen and oxygen atoms in total. The van der Waals surface area contributed by atoms with Gasteiger partial charge in [0.15, 0.2) is 0 Å². The Labute approximate surface area is 230 Å². The zero-order valence-electron chi connectivity index (χ0n) is 23.1. The van der Waals surface area contributed by atoms with E-state index in [4.69, 9.17) is 10.00 Å². The van der Waals surface area contributed by atoms with Gasteiger partial charge in [0.2, 0.25) is 11.9 Å². The summed E-state index contributed by atoms with van der Waals surface area (Å²) >= 11 is 0. The van der Waals surface area contributed by atoms with Crippen LogP contribution in [0.3, 0.4) is 0 Å². The number of nitrogens with zero attached hydrogens (tertiary/aromatic N) is 4. The number of rotatable bonds is 9. The first-order valence-corrected chi connectivity index (χ1v) is 13.3. The molecule has 1 fully saturated rings. The van der Waals surface area contributed by atoms with Crippen molar-refractivity contribution in [2.75, 3.05) is 30.3 Å². The lowest BCUT2D eigenvalue weighted by molar-refractivity contribution is -0.125. The van der Waals surface area contributed by atoms with Crippen LogP contribution in [-0.4, -0.2) is 58.1 Å². The Morgan fingerprint density at radius 3 is 2.67 bits per heavy atom. The van der Waals surface area contributed by atoms with Gasteiger partial charge in [-0.2, -0.15) is 10.2 Å². The van der Waals surface area contributed by atoms with Crippen molar-refractivity contribution >= 4 is 29.5 Å². The van der Waals surface area contributed by atoms with Gasteiger partial charge in [-0.15, -0.1) is 0 Å². The number of hydrogen-bond acceptors (Lipinski definition) is 8. The Morgan fingerprint density at radius 1 is 1.21 bits per heavy atom. The SMILES string of the molecule is CCCNc1nc(Nc2ccc(C#N)cc2)ncc1C#CCCCNC(=O)[C@@H]1CCCN1C(=O)OC(C)(C)C. The number of benzene rings is 1. The van der Waals surface area contributed by atoms with Crippen molar-refractivity contribution in [3.8, 4) is 17.9 Å².